The Morgan fingerprint density at radius 3 is 2.21 bits per heavy atom. The molecule has 0 aromatic heterocycles. The lowest BCUT2D eigenvalue weighted by atomic mass is 9.81. The molecule has 1 aliphatic heterocycles. The number of likely N-dealkylation sites (tertiary alicyclic amines) is 1. The van der Waals surface area contributed by atoms with E-state index in [9.17, 15) is 20.0 Å². The van der Waals surface area contributed by atoms with E-state index < -0.39 is 28.3 Å². The van der Waals surface area contributed by atoms with Gasteiger partial charge in [-0.15, -0.1) is 0 Å². The fraction of sp³-hybridized carbons (Fsp3) is 0.917. The molecular formula is C12H22N2O5. The Labute approximate surface area is 112 Å². The summed E-state index contributed by atoms with van der Waals surface area (Å²) in [5, 5.41) is 21.2. The number of amides is 1. The van der Waals surface area contributed by atoms with Gasteiger partial charge in [-0.05, 0) is 20.8 Å². The summed E-state index contributed by atoms with van der Waals surface area (Å²) in [6.45, 7) is 8.46. The van der Waals surface area contributed by atoms with Crippen LogP contribution in [0.25, 0.3) is 0 Å². The first-order valence-corrected chi connectivity index (χ1v) is 6.30. The summed E-state index contributed by atoms with van der Waals surface area (Å²) in [5.74, 6) is -0.305. The molecule has 1 saturated heterocycles. The maximum absolute atomic E-state index is 11.7. The third-order valence-electron chi connectivity index (χ3n) is 2.99. The quantitative estimate of drug-likeness (QED) is 0.618. The van der Waals surface area contributed by atoms with E-state index in [1.165, 1.54) is 4.90 Å². The fourth-order valence-corrected chi connectivity index (χ4v) is 2.32. The van der Waals surface area contributed by atoms with Crippen LogP contribution in [0.1, 0.15) is 34.6 Å². The number of hydrogen-bond acceptors (Lipinski definition) is 5. The van der Waals surface area contributed by atoms with Crippen LogP contribution in [0.4, 0.5) is 4.79 Å². The maximum Gasteiger partial charge on any atom is 0.410 e. The molecule has 0 spiro atoms. The van der Waals surface area contributed by atoms with E-state index in [0.717, 1.165) is 0 Å². The van der Waals surface area contributed by atoms with Crippen LogP contribution in [0.2, 0.25) is 0 Å². The van der Waals surface area contributed by atoms with Crippen LogP contribution in [0.15, 0.2) is 0 Å². The summed E-state index contributed by atoms with van der Waals surface area (Å²) in [6.07, 6.45) is -0.553. The Bertz CT molecular complexity index is 369. The lowest BCUT2D eigenvalue weighted by Gasteiger charge is -2.47. The topological polar surface area (TPSA) is 92.9 Å². The third kappa shape index (κ3) is 3.56. The smallest absolute Gasteiger partial charge is 0.410 e. The number of ether oxygens (including phenoxy) is 1. The number of β-amino-alcohol motifs (C(OH)–C–C–N with tert-alkyl or cyclic N) is 1. The van der Waals surface area contributed by atoms with Gasteiger partial charge in [0.25, 0.3) is 0 Å². The van der Waals surface area contributed by atoms with E-state index in [1.54, 1.807) is 34.6 Å². The molecule has 0 saturated carbocycles. The molecule has 110 valence electrons. The number of nitrogens with zero attached hydrogens (tertiary/aromatic N) is 2. The molecular weight excluding hydrogens is 252 g/mol. The summed E-state index contributed by atoms with van der Waals surface area (Å²) in [4.78, 5) is 23.5. The highest BCUT2D eigenvalue weighted by Crippen LogP contribution is 2.31. The van der Waals surface area contributed by atoms with Gasteiger partial charge in [0.05, 0.1) is 13.1 Å². The lowest BCUT2D eigenvalue weighted by molar-refractivity contribution is -0.559. The molecule has 1 atom stereocenters. The first kappa shape index (κ1) is 15.7. The Balaban J connectivity index is 2.64. The molecule has 1 heterocycles. The van der Waals surface area contributed by atoms with Crippen molar-refractivity contribution in [3.8, 4) is 0 Å². The molecule has 7 heteroatoms. The van der Waals surface area contributed by atoms with Crippen molar-refractivity contribution >= 4 is 6.09 Å². The van der Waals surface area contributed by atoms with Crippen molar-refractivity contribution in [2.75, 3.05) is 13.1 Å². The summed E-state index contributed by atoms with van der Waals surface area (Å²) in [7, 11) is 0. The van der Waals surface area contributed by atoms with Gasteiger partial charge in [-0.1, -0.05) is 13.8 Å². The number of hydrogen-bond donors (Lipinski definition) is 1. The number of rotatable bonds is 3. The van der Waals surface area contributed by atoms with Crippen LogP contribution in [-0.2, 0) is 4.74 Å². The third-order valence-corrected chi connectivity index (χ3v) is 2.99. The van der Waals surface area contributed by atoms with Gasteiger partial charge in [0.15, 0.2) is 5.60 Å². The van der Waals surface area contributed by atoms with Crippen molar-refractivity contribution in [3.05, 3.63) is 10.1 Å². The summed E-state index contributed by atoms with van der Waals surface area (Å²) in [6, 6.07) is -1.08. The lowest BCUT2D eigenvalue weighted by Crippen LogP contribution is -2.71. The summed E-state index contributed by atoms with van der Waals surface area (Å²) >= 11 is 0. The highest BCUT2D eigenvalue weighted by atomic mass is 16.6. The van der Waals surface area contributed by atoms with Crippen molar-refractivity contribution in [3.63, 3.8) is 0 Å². The molecule has 1 N–H and O–H groups in total. The zero-order valence-corrected chi connectivity index (χ0v) is 12.0. The van der Waals surface area contributed by atoms with E-state index in [2.05, 4.69) is 0 Å². The number of nitro groups is 1. The van der Waals surface area contributed by atoms with E-state index >= 15 is 0 Å². The molecule has 1 rings (SSSR count). The Kier molecular flexibility index (Phi) is 4.09. The Morgan fingerprint density at radius 1 is 1.42 bits per heavy atom. The molecule has 19 heavy (non-hydrogen) atoms. The van der Waals surface area contributed by atoms with Gasteiger partial charge in [-0.25, -0.2) is 4.79 Å². The number of aliphatic hydroxyl groups is 1. The SMILES string of the molecule is CC(C)[C@@H]([N+](=O)[O-])C1(O)CN(C(=O)OC(C)(C)C)C1. The Hall–Kier alpha value is -1.37. The molecule has 1 fully saturated rings. The molecule has 0 aromatic carbocycles. The van der Waals surface area contributed by atoms with Crippen molar-refractivity contribution < 1.29 is 19.6 Å². The van der Waals surface area contributed by atoms with Crippen LogP contribution in [0.5, 0.6) is 0 Å². The fourth-order valence-electron chi connectivity index (χ4n) is 2.32. The maximum atomic E-state index is 11.7. The van der Waals surface area contributed by atoms with Gasteiger partial charge in [-0.2, -0.15) is 0 Å². The predicted molar refractivity (Wildman–Crippen MR) is 68.4 cm³/mol. The van der Waals surface area contributed by atoms with Crippen LogP contribution in [0.3, 0.4) is 0 Å². The molecule has 1 aliphatic rings. The van der Waals surface area contributed by atoms with E-state index in [1.807, 2.05) is 0 Å². The van der Waals surface area contributed by atoms with Gasteiger partial charge >= 0.3 is 6.09 Å². The highest BCUT2D eigenvalue weighted by molar-refractivity contribution is 5.69. The molecule has 7 nitrogen and oxygen atoms in total. The van der Waals surface area contributed by atoms with Crippen LogP contribution >= 0.6 is 0 Å². The van der Waals surface area contributed by atoms with Crippen molar-refractivity contribution in [1.29, 1.82) is 0 Å². The van der Waals surface area contributed by atoms with Gasteiger partial charge < -0.3 is 14.7 Å². The standard InChI is InChI=1S/C12H22N2O5/c1-8(2)9(14(17)18)12(16)6-13(7-12)10(15)19-11(3,4)5/h8-9,16H,6-7H2,1-5H3/t9-/m1/s1. The molecule has 0 aliphatic carbocycles. The van der Waals surface area contributed by atoms with Crippen molar-refractivity contribution in [2.24, 2.45) is 5.92 Å². The second-order valence-corrected chi connectivity index (χ2v) is 6.41. The highest BCUT2D eigenvalue weighted by Gasteiger charge is 2.57. The van der Waals surface area contributed by atoms with E-state index in [-0.39, 0.29) is 19.0 Å². The second kappa shape index (κ2) is 4.96. The molecule has 0 unspecified atom stereocenters. The average Bonchev–Trinajstić information content (AvgIpc) is 2.08. The zero-order valence-electron chi connectivity index (χ0n) is 12.0. The van der Waals surface area contributed by atoms with Gasteiger partial charge in [-0.3, -0.25) is 10.1 Å². The minimum absolute atomic E-state index is 0.0637. The van der Waals surface area contributed by atoms with Crippen molar-refractivity contribution in [2.45, 2.75) is 51.9 Å². The van der Waals surface area contributed by atoms with Gasteiger partial charge in [0.2, 0.25) is 6.04 Å². The molecule has 1 amide bonds. The van der Waals surface area contributed by atoms with Crippen molar-refractivity contribution in [1.82, 2.24) is 4.90 Å². The van der Waals surface area contributed by atoms with Gasteiger partial charge in [0.1, 0.15) is 5.60 Å². The average molecular weight is 274 g/mol. The first-order valence-electron chi connectivity index (χ1n) is 6.30. The molecule has 0 bridgehead atoms. The minimum atomic E-state index is -1.46. The first-order chi connectivity index (χ1) is 8.46. The van der Waals surface area contributed by atoms with Crippen LogP contribution < -0.4 is 0 Å². The largest absolute Gasteiger partial charge is 0.444 e. The van der Waals surface area contributed by atoms with Crippen LogP contribution in [0, 0.1) is 16.0 Å². The van der Waals surface area contributed by atoms with E-state index in [4.69, 9.17) is 4.74 Å². The Morgan fingerprint density at radius 2 is 1.89 bits per heavy atom. The molecule has 0 radical (unpaired) electrons. The summed E-state index contributed by atoms with van der Waals surface area (Å²) < 4.78 is 5.14. The minimum Gasteiger partial charge on any atom is -0.444 e. The number of carbonyl (C=O) groups is 1. The zero-order chi connectivity index (χ0) is 15.0. The van der Waals surface area contributed by atoms with E-state index in [0.29, 0.717) is 0 Å². The normalized spacial score (nSPS) is 19.8. The van der Waals surface area contributed by atoms with Gasteiger partial charge in [0, 0.05) is 10.8 Å². The summed E-state index contributed by atoms with van der Waals surface area (Å²) in [5.41, 5.74) is -2.08. The molecule has 0 aromatic rings. The number of carbonyl (C=O) groups excluding carboxylic acids is 1. The second-order valence-electron chi connectivity index (χ2n) is 6.41. The van der Waals surface area contributed by atoms with Crippen LogP contribution in [-0.4, -0.2) is 51.4 Å². The predicted octanol–water partition coefficient (Wildman–Crippen LogP) is 1.27. The monoisotopic (exact) mass is 274 g/mol.